The van der Waals surface area contributed by atoms with Crippen LogP contribution in [-0.2, 0) is 0 Å². The van der Waals surface area contributed by atoms with Crippen LogP contribution in [0.2, 0.25) is 0 Å². The number of aliphatic hydroxyl groups is 1. The molecule has 1 heterocycles. The Hall–Kier alpha value is -1.88. The highest BCUT2D eigenvalue weighted by atomic mass is 19.1. The molecule has 1 amide bonds. The lowest BCUT2D eigenvalue weighted by atomic mass is 9.79. The monoisotopic (exact) mass is 306 g/mol. The van der Waals surface area contributed by atoms with Crippen LogP contribution in [0, 0.1) is 11.2 Å². The minimum absolute atomic E-state index is 0.0956. The Balaban J connectivity index is 2.12. The van der Waals surface area contributed by atoms with Crippen molar-refractivity contribution in [2.45, 2.75) is 33.1 Å². The maximum Gasteiger partial charge on any atom is 0.267 e. The number of hydrogen-bond acceptors (Lipinski definition) is 2. The smallest absolute Gasteiger partial charge is 0.267 e. The first-order valence-electron chi connectivity index (χ1n) is 7.71. The topological polar surface area (TPSA) is 65.1 Å². The van der Waals surface area contributed by atoms with Gasteiger partial charge in [-0.25, -0.2) is 4.39 Å². The average Bonchev–Trinajstić information content (AvgIpc) is 2.97. The molecule has 0 saturated heterocycles. The number of aliphatic hydroxyl groups excluding tert-OH is 1. The van der Waals surface area contributed by atoms with Gasteiger partial charge in [0, 0.05) is 24.1 Å². The summed E-state index contributed by atoms with van der Waals surface area (Å²) in [5, 5.41) is 12.5. The number of H-pyrrole nitrogens is 1. The highest BCUT2D eigenvalue weighted by Gasteiger charge is 2.26. The first kappa shape index (κ1) is 16.5. The molecule has 5 heteroatoms. The van der Waals surface area contributed by atoms with E-state index in [0.717, 1.165) is 12.8 Å². The van der Waals surface area contributed by atoms with Crippen LogP contribution in [0.15, 0.2) is 24.3 Å². The quantitative estimate of drug-likeness (QED) is 0.735. The van der Waals surface area contributed by atoms with Gasteiger partial charge < -0.3 is 15.4 Å². The zero-order valence-corrected chi connectivity index (χ0v) is 13.1. The molecule has 0 radical (unpaired) electrons. The predicted octanol–water partition coefficient (Wildman–Crippen LogP) is 3.23. The second-order valence-corrected chi connectivity index (χ2v) is 5.75. The fourth-order valence-electron chi connectivity index (χ4n) is 2.78. The normalized spacial score (nSPS) is 11.8. The number of fused-ring (bicyclic) bond motifs is 1. The summed E-state index contributed by atoms with van der Waals surface area (Å²) in [6, 6.07) is 6.25. The van der Waals surface area contributed by atoms with E-state index < -0.39 is 0 Å². The third kappa shape index (κ3) is 3.30. The molecule has 0 unspecified atom stereocenters. The number of amides is 1. The first-order valence-corrected chi connectivity index (χ1v) is 7.71. The molecule has 0 atom stereocenters. The first-order chi connectivity index (χ1) is 10.5. The Morgan fingerprint density at radius 1 is 1.36 bits per heavy atom. The third-order valence-corrected chi connectivity index (χ3v) is 4.62. The molecule has 120 valence electrons. The lowest BCUT2D eigenvalue weighted by Gasteiger charge is -2.31. The molecule has 0 spiro atoms. The summed E-state index contributed by atoms with van der Waals surface area (Å²) in [6.07, 6.45) is 2.42. The van der Waals surface area contributed by atoms with Crippen molar-refractivity contribution >= 4 is 16.8 Å². The Bertz CT molecular complexity index is 647. The highest BCUT2D eigenvalue weighted by molar-refractivity contribution is 5.98. The van der Waals surface area contributed by atoms with Crippen molar-refractivity contribution < 1.29 is 14.3 Å². The van der Waals surface area contributed by atoms with Gasteiger partial charge in [-0.05, 0) is 42.9 Å². The molecule has 4 nitrogen and oxygen atoms in total. The Morgan fingerprint density at radius 3 is 2.68 bits per heavy atom. The van der Waals surface area contributed by atoms with Crippen LogP contribution >= 0.6 is 0 Å². The lowest BCUT2D eigenvalue weighted by molar-refractivity contribution is 0.0903. The minimum Gasteiger partial charge on any atom is -0.396 e. The molecule has 2 aromatic rings. The largest absolute Gasteiger partial charge is 0.396 e. The number of halogens is 1. The number of carbonyl (C=O) groups excluding carboxylic acids is 1. The molecule has 0 bridgehead atoms. The van der Waals surface area contributed by atoms with Crippen molar-refractivity contribution in [2.24, 2.45) is 5.41 Å². The summed E-state index contributed by atoms with van der Waals surface area (Å²) < 4.78 is 13.7. The summed E-state index contributed by atoms with van der Waals surface area (Å²) in [5.41, 5.74) is 0.866. The molecule has 0 fully saturated rings. The van der Waals surface area contributed by atoms with E-state index >= 15 is 0 Å². The van der Waals surface area contributed by atoms with Gasteiger partial charge in [0.15, 0.2) is 0 Å². The van der Waals surface area contributed by atoms with Crippen molar-refractivity contribution in [3.05, 3.63) is 35.8 Å². The van der Waals surface area contributed by atoms with E-state index in [0.29, 0.717) is 29.6 Å². The van der Waals surface area contributed by atoms with E-state index in [1.54, 1.807) is 12.1 Å². The number of carbonyl (C=O) groups is 1. The average molecular weight is 306 g/mol. The van der Waals surface area contributed by atoms with Gasteiger partial charge in [-0.1, -0.05) is 19.9 Å². The maximum atomic E-state index is 13.7. The summed E-state index contributed by atoms with van der Waals surface area (Å²) >= 11 is 0. The summed E-state index contributed by atoms with van der Waals surface area (Å²) in [5.74, 6) is -0.593. The number of hydrogen-bond donors (Lipinski definition) is 3. The number of nitrogens with one attached hydrogen (secondary N) is 2. The van der Waals surface area contributed by atoms with Crippen molar-refractivity contribution in [1.82, 2.24) is 10.3 Å². The fraction of sp³-hybridized carbons (Fsp3) is 0.471. The molecular weight excluding hydrogens is 283 g/mol. The molecule has 22 heavy (non-hydrogen) atoms. The van der Waals surface area contributed by atoms with E-state index in [-0.39, 0.29) is 23.7 Å². The van der Waals surface area contributed by atoms with Gasteiger partial charge in [-0.2, -0.15) is 0 Å². The molecule has 2 rings (SSSR count). The van der Waals surface area contributed by atoms with E-state index in [1.807, 2.05) is 0 Å². The van der Waals surface area contributed by atoms with Gasteiger partial charge in [0.2, 0.25) is 0 Å². The van der Waals surface area contributed by atoms with Gasteiger partial charge in [-0.15, -0.1) is 0 Å². The van der Waals surface area contributed by atoms with Gasteiger partial charge in [0.1, 0.15) is 11.5 Å². The third-order valence-electron chi connectivity index (χ3n) is 4.62. The number of aromatic nitrogens is 1. The molecular formula is C17H23FN2O2. The fourth-order valence-corrected chi connectivity index (χ4v) is 2.78. The Morgan fingerprint density at radius 2 is 2.09 bits per heavy atom. The van der Waals surface area contributed by atoms with Crippen LogP contribution in [0.25, 0.3) is 10.9 Å². The van der Waals surface area contributed by atoms with Crippen molar-refractivity contribution in [2.75, 3.05) is 13.2 Å². The summed E-state index contributed by atoms with van der Waals surface area (Å²) in [6.45, 7) is 4.72. The van der Waals surface area contributed by atoms with Crippen molar-refractivity contribution in [3.8, 4) is 0 Å². The number of benzene rings is 1. The van der Waals surface area contributed by atoms with E-state index in [2.05, 4.69) is 24.1 Å². The summed E-state index contributed by atoms with van der Waals surface area (Å²) in [7, 11) is 0. The molecule has 3 N–H and O–H groups in total. The molecule has 1 aromatic carbocycles. The van der Waals surface area contributed by atoms with Crippen LogP contribution < -0.4 is 5.32 Å². The maximum absolute atomic E-state index is 13.7. The van der Waals surface area contributed by atoms with Crippen LogP contribution in [0.4, 0.5) is 4.39 Å². The van der Waals surface area contributed by atoms with E-state index in [4.69, 9.17) is 0 Å². The number of rotatable bonds is 7. The van der Waals surface area contributed by atoms with Gasteiger partial charge >= 0.3 is 0 Å². The van der Waals surface area contributed by atoms with Crippen molar-refractivity contribution in [1.29, 1.82) is 0 Å². The zero-order valence-electron chi connectivity index (χ0n) is 13.1. The van der Waals surface area contributed by atoms with Gasteiger partial charge in [0.25, 0.3) is 5.91 Å². The van der Waals surface area contributed by atoms with E-state index in [1.165, 1.54) is 12.1 Å². The number of aromatic amines is 1. The minimum atomic E-state index is -0.343. The molecule has 0 aliphatic rings. The predicted molar refractivity (Wildman–Crippen MR) is 85.3 cm³/mol. The second-order valence-electron chi connectivity index (χ2n) is 5.75. The van der Waals surface area contributed by atoms with Gasteiger partial charge in [0.05, 0.1) is 0 Å². The lowest BCUT2D eigenvalue weighted by Crippen LogP contribution is -2.37. The molecule has 0 aliphatic heterocycles. The van der Waals surface area contributed by atoms with Crippen LogP contribution in [0.1, 0.15) is 43.6 Å². The second kappa shape index (κ2) is 6.92. The van der Waals surface area contributed by atoms with Crippen LogP contribution in [-0.4, -0.2) is 29.1 Å². The van der Waals surface area contributed by atoms with Crippen LogP contribution in [0.5, 0.6) is 0 Å². The standard InChI is InChI=1S/C17H23FN2O2/c1-3-17(4-2,8-9-21)11-19-16(22)15-10-12-13(18)6-5-7-14(12)20-15/h5-7,10,20-21H,3-4,8-9,11H2,1-2H3,(H,19,22). The van der Waals surface area contributed by atoms with Crippen LogP contribution in [0.3, 0.4) is 0 Å². The Kier molecular flexibility index (Phi) is 5.19. The molecule has 0 aliphatic carbocycles. The highest BCUT2D eigenvalue weighted by Crippen LogP contribution is 2.29. The van der Waals surface area contributed by atoms with Gasteiger partial charge in [-0.3, -0.25) is 4.79 Å². The zero-order chi connectivity index (χ0) is 16.2. The van der Waals surface area contributed by atoms with E-state index in [9.17, 15) is 14.3 Å². The van der Waals surface area contributed by atoms with Crippen molar-refractivity contribution in [3.63, 3.8) is 0 Å². The Labute approximate surface area is 129 Å². The summed E-state index contributed by atoms with van der Waals surface area (Å²) in [4.78, 5) is 15.2. The SMILES string of the molecule is CCC(CC)(CCO)CNC(=O)c1cc2c(F)cccc2[nH]1. The molecule has 1 aromatic heterocycles. The molecule has 0 saturated carbocycles.